The van der Waals surface area contributed by atoms with Crippen molar-refractivity contribution in [2.24, 2.45) is 0 Å². The molecule has 8 nitrogen and oxygen atoms in total. The molecular weight excluding hydrogens is 365 g/mol. The third-order valence-electron chi connectivity index (χ3n) is 3.13. The highest BCUT2D eigenvalue weighted by Crippen LogP contribution is 2.32. The zero-order valence-corrected chi connectivity index (χ0v) is 11.9. The molecule has 19 heavy (non-hydrogen) atoms. The van der Waals surface area contributed by atoms with Crippen LogP contribution < -0.4 is 5.73 Å². The minimum absolute atomic E-state index is 0.231. The van der Waals surface area contributed by atoms with Crippen LogP contribution in [0.25, 0.3) is 11.0 Å². The number of aliphatic hydroxyl groups excluding tert-OH is 2. The van der Waals surface area contributed by atoms with E-state index in [0.717, 1.165) is 0 Å². The van der Waals surface area contributed by atoms with Crippen LogP contribution in [0.4, 0.5) is 5.82 Å². The summed E-state index contributed by atoms with van der Waals surface area (Å²) in [6.45, 7) is -0.231. The van der Waals surface area contributed by atoms with Crippen LogP contribution >= 0.6 is 22.6 Å². The minimum Gasteiger partial charge on any atom is -0.394 e. The van der Waals surface area contributed by atoms with Gasteiger partial charge in [-0.2, -0.15) is 5.10 Å². The maximum atomic E-state index is 9.77. The van der Waals surface area contributed by atoms with Gasteiger partial charge in [0.2, 0.25) is 0 Å². The highest BCUT2D eigenvalue weighted by Gasteiger charge is 2.36. The number of fused-ring (bicyclic) bond motifs is 1. The Bertz CT molecular complexity index is 618. The number of rotatable bonds is 2. The molecule has 3 heterocycles. The summed E-state index contributed by atoms with van der Waals surface area (Å²) in [5.74, 6) is 0.359. The second-order valence-corrected chi connectivity index (χ2v) is 5.33. The lowest BCUT2D eigenvalue weighted by molar-refractivity contribution is -0.0471. The number of aliphatic hydroxyl groups is 2. The van der Waals surface area contributed by atoms with Crippen molar-refractivity contribution in [3.8, 4) is 0 Å². The Morgan fingerprint density at radius 3 is 3.00 bits per heavy atom. The van der Waals surface area contributed by atoms with E-state index in [1.807, 2.05) is 0 Å². The van der Waals surface area contributed by atoms with Crippen LogP contribution in [0.15, 0.2) is 6.33 Å². The van der Waals surface area contributed by atoms with Crippen molar-refractivity contribution in [1.82, 2.24) is 19.7 Å². The van der Waals surface area contributed by atoms with Gasteiger partial charge in [0.1, 0.15) is 21.9 Å². The molecule has 0 spiro atoms. The summed E-state index contributed by atoms with van der Waals surface area (Å²) in [6.07, 6.45) is -0.0670. The molecule has 3 rings (SSSR count). The predicted molar refractivity (Wildman–Crippen MR) is 74.1 cm³/mol. The van der Waals surface area contributed by atoms with Crippen molar-refractivity contribution in [2.45, 2.75) is 24.9 Å². The van der Waals surface area contributed by atoms with Crippen LogP contribution in [0.3, 0.4) is 0 Å². The Kier molecular flexibility index (Phi) is 3.28. The second-order valence-electron chi connectivity index (χ2n) is 4.31. The van der Waals surface area contributed by atoms with Crippen molar-refractivity contribution in [2.75, 3.05) is 12.3 Å². The van der Waals surface area contributed by atoms with Crippen LogP contribution in [-0.2, 0) is 4.74 Å². The maximum absolute atomic E-state index is 9.77. The van der Waals surface area contributed by atoms with Crippen LogP contribution in [0.2, 0.25) is 0 Å². The highest BCUT2D eigenvalue weighted by molar-refractivity contribution is 14.1. The van der Waals surface area contributed by atoms with E-state index in [1.165, 1.54) is 6.33 Å². The van der Waals surface area contributed by atoms with Gasteiger partial charge in [-0.15, -0.1) is 0 Å². The predicted octanol–water partition coefficient (Wildman–Crippen LogP) is -0.346. The van der Waals surface area contributed by atoms with Gasteiger partial charge in [0.25, 0.3) is 0 Å². The van der Waals surface area contributed by atoms with Gasteiger partial charge in [0.05, 0.1) is 18.1 Å². The van der Waals surface area contributed by atoms with E-state index in [4.69, 9.17) is 15.6 Å². The molecule has 102 valence electrons. The molecular formula is C10H12IN5O3. The summed E-state index contributed by atoms with van der Waals surface area (Å²) >= 11 is 2.05. The van der Waals surface area contributed by atoms with Crippen molar-refractivity contribution < 1.29 is 14.9 Å². The van der Waals surface area contributed by atoms with E-state index in [1.54, 1.807) is 4.68 Å². The molecule has 4 N–H and O–H groups in total. The zero-order chi connectivity index (χ0) is 13.6. The first-order chi connectivity index (χ1) is 9.11. The van der Waals surface area contributed by atoms with E-state index in [0.29, 0.717) is 27.0 Å². The molecule has 0 amide bonds. The van der Waals surface area contributed by atoms with Gasteiger partial charge in [-0.3, -0.25) is 0 Å². The molecule has 0 radical (unpaired) electrons. The number of hydrogen-bond acceptors (Lipinski definition) is 7. The summed E-state index contributed by atoms with van der Waals surface area (Å²) in [7, 11) is 0. The number of ether oxygens (including phenoxy) is 1. The van der Waals surface area contributed by atoms with Crippen LogP contribution in [0, 0.1) is 3.70 Å². The lowest BCUT2D eigenvalue weighted by Crippen LogP contribution is -2.24. The lowest BCUT2D eigenvalue weighted by Gasteiger charge is -2.12. The standard InChI is InChI=1S/C10H12IN5O3/c11-8-7-9(12)13-3-14-10(7)16(15-8)6-1-4(18)5(2-17)19-6/h3-6,17-18H,1-2H2,(H2,12,13,14)/t4-,5+,6+/m0/s1. The summed E-state index contributed by atoms with van der Waals surface area (Å²) in [5, 5.41) is 23.9. The minimum atomic E-state index is -0.717. The average molecular weight is 377 g/mol. The SMILES string of the molecule is Nc1ncnc2c1c(I)nn2[C@H]1C[C@H](O)[C@@H](CO)O1. The number of nitrogens with two attached hydrogens (primary N) is 1. The molecule has 1 aliphatic heterocycles. The second kappa shape index (κ2) is 4.81. The fourth-order valence-electron chi connectivity index (χ4n) is 2.18. The Morgan fingerprint density at radius 1 is 1.53 bits per heavy atom. The maximum Gasteiger partial charge on any atom is 0.167 e. The molecule has 0 saturated carbocycles. The summed E-state index contributed by atoms with van der Waals surface area (Å²) in [4.78, 5) is 8.10. The number of nitrogen functional groups attached to an aromatic ring is 1. The monoisotopic (exact) mass is 377 g/mol. The third kappa shape index (κ3) is 2.06. The van der Waals surface area contributed by atoms with Gasteiger partial charge in [0, 0.05) is 6.42 Å². The van der Waals surface area contributed by atoms with E-state index in [9.17, 15) is 5.11 Å². The molecule has 1 aliphatic rings. The van der Waals surface area contributed by atoms with Gasteiger partial charge in [-0.05, 0) is 22.6 Å². The molecule has 1 fully saturated rings. The molecule has 1 saturated heterocycles. The van der Waals surface area contributed by atoms with Gasteiger partial charge >= 0.3 is 0 Å². The largest absolute Gasteiger partial charge is 0.394 e. The number of aromatic nitrogens is 4. The molecule has 2 aromatic heterocycles. The number of hydrogen-bond donors (Lipinski definition) is 3. The molecule has 0 unspecified atom stereocenters. The van der Waals surface area contributed by atoms with E-state index < -0.39 is 18.4 Å². The van der Waals surface area contributed by atoms with E-state index in [2.05, 4.69) is 37.7 Å². The summed E-state index contributed by atoms with van der Waals surface area (Å²) < 4.78 is 7.82. The quantitative estimate of drug-likeness (QED) is 0.613. The molecule has 3 atom stereocenters. The zero-order valence-electron chi connectivity index (χ0n) is 9.77. The highest BCUT2D eigenvalue weighted by atomic mass is 127. The smallest absolute Gasteiger partial charge is 0.167 e. The van der Waals surface area contributed by atoms with Crippen LogP contribution in [0.5, 0.6) is 0 Å². The Hall–Kier alpha value is -1.04. The van der Waals surface area contributed by atoms with Crippen molar-refractivity contribution in [3.05, 3.63) is 10.0 Å². The van der Waals surface area contributed by atoms with Crippen LogP contribution in [-0.4, -0.2) is 48.8 Å². The van der Waals surface area contributed by atoms with Gasteiger partial charge < -0.3 is 20.7 Å². The third-order valence-corrected chi connectivity index (χ3v) is 3.89. The first-order valence-electron chi connectivity index (χ1n) is 5.70. The fourth-order valence-corrected chi connectivity index (χ4v) is 2.93. The Morgan fingerprint density at radius 2 is 2.32 bits per heavy atom. The van der Waals surface area contributed by atoms with Crippen molar-refractivity contribution in [3.63, 3.8) is 0 Å². The Balaban J connectivity index is 2.05. The summed E-state index contributed by atoms with van der Waals surface area (Å²) in [5.41, 5.74) is 6.37. The summed E-state index contributed by atoms with van der Waals surface area (Å²) in [6, 6.07) is 0. The van der Waals surface area contributed by atoms with Gasteiger partial charge in [-0.25, -0.2) is 14.6 Å². The number of anilines is 1. The fraction of sp³-hybridized carbons (Fsp3) is 0.500. The topological polar surface area (TPSA) is 119 Å². The lowest BCUT2D eigenvalue weighted by atomic mass is 10.2. The molecule has 0 aromatic carbocycles. The number of nitrogens with zero attached hydrogens (tertiary/aromatic N) is 4. The van der Waals surface area contributed by atoms with Crippen LogP contribution in [0.1, 0.15) is 12.6 Å². The van der Waals surface area contributed by atoms with E-state index in [-0.39, 0.29) is 6.61 Å². The number of halogens is 1. The Labute approximate surface area is 121 Å². The molecule has 0 aliphatic carbocycles. The molecule has 9 heteroatoms. The normalized spacial score (nSPS) is 27.2. The van der Waals surface area contributed by atoms with E-state index >= 15 is 0 Å². The average Bonchev–Trinajstić information content (AvgIpc) is 2.91. The molecule has 0 bridgehead atoms. The first kappa shape index (κ1) is 13.0. The first-order valence-corrected chi connectivity index (χ1v) is 6.78. The molecule has 2 aromatic rings. The van der Waals surface area contributed by atoms with Gasteiger partial charge in [0.15, 0.2) is 11.9 Å². The van der Waals surface area contributed by atoms with Crippen molar-refractivity contribution >= 4 is 39.4 Å². The van der Waals surface area contributed by atoms with Gasteiger partial charge in [-0.1, -0.05) is 0 Å². The van der Waals surface area contributed by atoms with Crippen molar-refractivity contribution in [1.29, 1.82) is 0 Å².